The van der Waals surface area contributed by atoms with Gasteiger partial charge in [0.25, 0.3) is 0 Å². The second-order valence-corrected chi connectivity index (χ2v) is 5.49. The Labute approximate surface area is 98.8 Å². The minimum absolute atomic E-state index is 0.0630. The highest BCUT2D eigenvalue weighted by Crippen LogP contribution is 2.12. The zero-order valence-electron chi connectivity index (χ0n) is 9.73. The van der Waals surface area contributed by atoms with Crippen LogP contribution in [0.15, 0.2) is 0 Å². The van der Waals surface area contributed by atoms with Crippen molar-refractivity contribution in [3.8, 4) is 0 Å². The third-order valence-electron chi connectivity index (χ3n) is 1.77. The van der Waals surface area contributed by atoms with E-state index in [1.165, 1.54) is 0 Å². The minimum Gasteiger partial charge on any atom is -0.367 e. The average molecular weight is 254 g/mol. The molecule has 0 heterocycles. The van der Waals surface area contributed by atoms with E-state index < -0.39 is 9.05 Å². The van der Waals surface area contributed by atoms with E-state index >= 15 is 0 Å². The van der Waals surface area contributed by atoms with Crippen molar-refractivity contribution < 1.29 is 18.1 Å². The summed E-state index contributed by atoms with van der Waals surface area (Å²) in [6, 6.07) is 0. The van der Waals surface area contributed by atoms with Gasteiger partial charge < -0.3 is 18.1 Å². The van der Waals surface area contributed by atoms with Crippen molar-refractivity contribution in [2.45, 2.75) is 39.7 Å². The SMILES string of the molecule is CCO[Si](O)(OCC)OC(C)CCCS. The molecule has 0 aromatic carbocycles. The Balaban J connectivity index is 4.02. The molecule has 6 heteroatoms. The molecular formula is C9H22O4SSi. The van der Waals surface area contributed by atoms with Gasteiger partial charge in [0.1, 0.15) is 0 Å². The molecule has 0 aliphatic heterocycles. The first kappa shape index (κ1) is 15.4. The average Bonchev–Trinajstić information content (AvgIpc) is 2.15. The molecule has 0 aliphatic carbocycles. The van der Waals surface area contributed by atoms with E-state index in [0.717, 1.165) is 18.6 Å². The number of hydrogen-bond acceptors (Lipinski definition) is 5. The van der Waals surface area contributed by atoms with Crippen LogP contribution in [0.25, 0.3) is 0 Å². The van der Waals surface area contributed by atoms with E-state index in [2.05, 4.69) is 12.6 Å². The Morgan fingerprint density at radius 1 is 1.27 bits per heavy atom. The lowest BCUT2D eigenvalue weighted by Crippen LogP contribution is -2.48. The Hall–Kier alpha value is 0.407. The maximum atomic E-state index is 9.93. The van der Waals surface area contributed by atoms with Crippen molar-refractivity contribution >= 4 is 21.7 Å². The fourth-order valence-electron chi connectivity index (χ4n) is 1.17. The van der Waals surface area contributed by atoms with Crippen LogP contribution in [0.1, 0.15) is 33.6 Å². The maximum Gasteiger partial charge on any atom is 0.677 e. The maximum absolute atomic E-state index is 9.93. The van der Waals surface area contributed by atoms with Crippen LogP contribution in [-0.4, -0.2) is 38.9 Å². The van der Waals surface area contributed by atoms with Crippen LogP contribution < -0.4 is 0 Å². The highest BCUT2D eigenvalue weighted by Gasteiger charge is 2.42. The minimum atomic E-state index is -3.39. The predicted molar refractivity (Wildman–Crippen MR) is 64.9 cm³/mol. The third kappa shape index (κ3) is 7.32. The van der Waals surface area contributed by atoms with E-state index in [1.54, 1.807) is 13.8 Å². The summed E-state index contributed by atoms with van der Waals surface area (Å²) in [4.78, 5) is 9.93. The van der Waals surface area contributed by atoms with E-state index in [-0.39, 0.29) is 6.10 Å². The summed E-state index contributed by atoms with van der Waals surface area (Å²) < 4.78 is 15.7. The van der Waals surface area contributed by atoms with E-state index in [0.29, 0.717) is 13.2 Å². The monoisotopic (exact) mass is 254 g/mol. The topological polar surface area (TPSA) is 47.9 Å². The van der Waals surface area contributed by atoms with Gasteiger partial charge in [-0.1, -0.05) is 0 Å². The molecule has 1 N–H and O–H groups in total. The molecule has 0 saturated heterocycles. The van der Waals surface area contributed by atoms with Crippen LogP contribution in [-0.2, 0) is 13.3 Å². The van der Waals surface area contributed by atoms with Crippen molar-refractivity contribution in [3.63, 3.8) is 0 Å². The lowest BCUT2D eigenvalue weighted by atomic mass is 10.2. The molecule has 4 nitrogen and oxygen atoms in total. The summed E-state index contributed by atoms with van der Waals surface area (Å²) in [6.07, 6.45) is 1.73. The lowest BCUT2D eigenvalue weighted by Gasteiger charge is -2.25. The van der Waals surface area contributed by atoms with Gasteiger partial charge in [0.05, 0.1) is 0 Å². The number of thiol groups is 1. The molecule has 0 amide bonds. The fourth-order valence-corrected chi connectivity index (χ4v) is 2.92. The lowest BCUT2D eigenvalue weighted by molar-refractivity contribution is -0.0256. The van der Waals surface area contributed by atoms with Crippen molar-refractivity contribution in [2.75, 3.05) is 19.0 Å². The van der Waals surface area contributed by atoms with E-state index in [4.69, 9.17) is 13.3 Å². The summed E-state index contributed by atoms with van der Waals surface area (Å²) in [5.74, 6) is 0.816. The first-order valence-corrected chi connectivity index (χ1v) is 7.67. The Morgan fingerprint density at radius 2 is 1.80 bits per heavy atom. The number of hydrogen-bond donors (Lipinski definition) is 2. The van der Waals surface area contributed by atoms with Gasteiger partial charge in [-0.25, -0.2) is 0 Å². The van der Waals surface area contributed by atoms with Gasteiger partial charge >= 0.3 is 9.05 Å². The molecule has 0 spiro atoms. The van der Waals surface area contributed by atoms with Crippen LogP contribution in [0.4, 0.5) is 0 Å². The van der Waals surface area contributed by atoms with Crippen LogP contribution in [0, 0.1) is 0 Å². The van der Waals surface area contributed by atoms with Crippen molar-refractivity contribution in [1.29, 1.82) is 0 Å². The van der Waals surface area contributed by atoms with Gasteiger partial charge in [-0.05, 0) is 39.4 Å². The predicted octanol–water partition coefficient (Wildman–Crippen LogP) is 1.60. The fraction of sp³-hybridized carbons (Fsp3) is 1.00. The Morgan fingerprint density at radius 3 is 2.20 bits per heavy atom. The summed E-state index contributed by atoms with van der Waals surface area (Å²) in [6.45, 7) is 6.29. The molecule has 0 aromatic rings. The summed E-state index contributed by atoms with van der Waals surface area (Å²) in [5.41, 5.74) is 0. The molecule has 15 heavy (non-hydrogen) atoms. The van der Waals surface area contributed by atoms with Gasteiger partial charge in [-0.3, -0.25) is 0 Å². The standard InChI is InChI=1S/C9H22O4SSi/c1-4-11-15(10,12-5-2)13-9(3)7-6-8-14/h9-10,14H,4-8H2,1-3H3. The highest BCUT2D eigenvalue weighted by molar-refractivity contribution is 7.80. The highest BCUT2D eigenvalue weighted by atomic mass is 32.1. The molecule has 0 rings (SSSR count). The van der Waals surface area contributed by atoms with E-state index in [1.807, 2.05) is 6.92 Å². The zero-order valence-corrected chi connectivity index (χ0v) is 11.6. The quantitative estimate of drug-likeness (QED) is 0.485. The van der Waals surface area contributed by atoms with Crippen LogP contribution in [0.2, 0.25) is 0 Å². The number of rotatable bonds is 9. The molecule has 1 atom stereocenters. The molecule has 0 bridgehead atoms. The molecular weight excluding hydrogens is 232 g/mol. The summed E-state index contributed by atoms with van der Waals surface area (Å²) in [5, 5.41) is 0. The first-order chi connectivity index (χ1) is 7.08. The second kappa shape index (κ2) is 8.55. The van der Waals surface area contributed by atoms with Gasteiger partial charge in [0.2, 0.25) is 0 Å². The normalized spacial score (nSPS) is 14.2. The molecule has 92 valence electrons. The van der Waals surface area contributed by atoms with Crippen molar-refractivity contribution in [2.24, 2.45) is 0 Å². The molecule has 0 fully saturated rings. The van der Waals surface area contributed by atoms with Crippen LogP contribution in [0.5, 0.6) is 0 Å². The summed E-state index contributed by atoms with van der Waals surface area (Å²) in [7, 11) is -3.39. The van der Waals surface area contributed by atoms with E-state index in [9.17, 15) is 4.80 Å². The van der Waals surface area contributed by atoms with Gasteiger partial charge in [0, 0.05) is 19.3 Å². The molecule has 1 unspecified atom stereocenters. The Bertz CT molecular complexity index is 153. The Kier molecular flexibility index (Phi) is 8.78. The molecule has 0 radical (unpaired) electrons. The van der Waals surface area contributed by atoms with Crippen molar-refractivity contribution in [1.82, 2.24) is 0 Å². The molecule has 0 saturated carbocycles. The first-order valence-electron chi connectivity index (χ1n) is 5.37. The second-order valence-electron chi connectivity index (χ2n) is 3.18. The van der Waals surface area contributed by atoms with Crippen LogP contribution in [0.3, 0.4) is 0 Å². The van der Waals surface area contributed by atoms with Gasteiger partial charge in [-0.15, -0.1) is 0 Å². The van der Waals surface area contributed by atoms with Crippen molar-refractivity contribution in [3.05, 3.63) is 0 Å². The smallest absolute Gasteiger partial charge is 0.367 e. The van der Waals surface area contributed by atoms with Gasteiger partial charge in [0.15, 0.2) is 0 Å². The zero-order chi connectivity index (χ0) is 11.7. The summed E-state index contributed by atoms with van der Waals surface area (Å²) >= 11 is 4.12. The third-order valence-corrected chi connectivity index (χ3v) is 4.10. The molecule has 0 aliphatic rings. The largest absolute Gasteiger partial charge is 0.677 e. The van der Waals surface area contributed by atoms with Gasteiger partial charge in [-0.2, -0.15) is 12.6 Å². The molecule has 0 aromatic heterocycles. The van der Waals surface area contributed by atoms with Crippen LogP contribution >= 0.6 is 12.6 Å².